The van der Waals surface area contributed by atoms with Gasteiger partial charge in [-0.05, 0) is 37.8 Å². The molecule has 1 saturated heterocycles. The Labute approximate surface area is 187 Å². The van der Waals surface area contributed by atoms with Gasteiger partial charge >= 0.3 is 0 Å². The number of para-hydroxylation sites is 1. The Hall–Kier alpha value is -3.54. The highest BCUT2D eigenvalue weighted by Gasteiger charge is 2.24. The fourth-order valence-electron chi connectivity index (χ4n) is 4.67. The van der Waals surface area contributed by atoms with Crippen LogP contribution in [0.2, 0.25) is 0 Å². The zero-order valence-electron chi connectivity index (χ0n) is 18.6. The number of fused-ring (bicyclic) bond motifs is 1. The maximum Gasteiger partial charge on any atom is 0.276 e. The number of benzene rings is 2. The van der Waals surface area contributed by atoms with Crippen LogP contribution in [0.1, 0.15) is 36.1 Å². The summed E-state index contributed by atoms with van der Waals surface area (Å²) in [5.41, 5.74) is 6.10. The van der Waals surface area contributed by atoms with E-state index < -0.39 is 0 Å². The van der Waals surface area contributed by atoms with Gasteiger partial charge in [0.2, 0.25) is 0 Å². The highest BCUT2D eigenvalue weighted by atomic mass is 16.5. The molecule has 3 heterocycles. The molecule has 0 spiro atoms. The predicted octanol–water partition coefficient (Wildman–Crippen LogP) is 4.59. The van der Waals surface area contributed by atoms with E-state index >= 15 is 0 Å². The molecule has 0 saturated carbocycles. The molecule has 0 bridgehead atoms. The third-order valence-corrected chi connectivity index (χ3v) is 6.35. The smallest absolute Gasteiger partial charge is 0.276 e. The molecule has 0 aliphatic carbocycles. The number of aryl methyl sites for hydroxylation is 1. The monoisotopic (exact) mass is 428 g/mol. The lowest BCUT2D eigenvalue weighted by molar-refractivity contribution is 0.410. The Morgan fingerprint density at radius 2 is 1.72 bits per heavy atom. The highest BCUT2D eigenvalue weighted by molar-refractivity contribution is 5.86. The summed E-state index contributed by atoms with van der Waals surface area (Å²) in [5.74, 6) is 0.780. The van der Waals surface area contributed by atoms with Gasteiger partial charge in [-0.3, -0.25) is 9.89 Å². The molecule has 1 N–H and O–H groups in total. The second-order valence-corrected chi connectivity index (χ2v) is 8.38. The van der Waals surface area contributed by atoms with Crippen molar-refractivity contribution in [1.29, 1.82) is 0 Å². The van der Waals surface area contributed by atoms with Crippen molar-refractivity contribution in [2.45, 2.75) is 32.6 Å². The lowest BCUT2D eigenvalue weighted by Gasteiger charge is -2.28. The number of ether oxygens (including phenoxy) is 1. The zero-order chi connectivity index (χ0) is 22.1. The van der Waals surface area contributed by atoms with E-state index in [1.54, 1.807) is 11.6 Å². The summed E-state index contributed by atoms with van der Waals surface area (Å²) in [6, 6.07) is 18.0. The van der Waals surface area contributed by atoms with Crippen LogP contribution < -0.4 is 15.2 Å². The van der Waals surface area contributed by atoms with Crippen LogP contribution in [-0.4, -0.2) is 34.8 Å². The Morgan fingerprint density at radius 1 is 1.00 bits per heavy atom. The van der Waals surface area contributed by atoms with E-state index in [4.69, 9.17) is 9.72 Å². The number of nitrogens with zero attached hydrogens (tertiary/aromatic N) is 3. The summed E-state index contributed by atoms with van der Waals surface area (Å²) >= 11 is 0. The molecule has 1 aliphatic rings. The predicted molar refractivity (Wildman–Crippen MR) is 128 cm³/mol. The van der Waals surface area contributed by atoms with Crippen LogP contribution in [0.5, 0.6) is 5.75 Å². The van der Waals surface area contributed by atoms with E-state index in [1.807, 2.05) is 49.4 Å². The lowest BCUT2D eigenvalue weighted by atomic mass is 10.0. The van der Waals surface area contributed by atoms with E-state index in [1.165, 1.54) is 6.42 Å². The Kier molecular flexibility index (Phi) is 5.43. The number of methoxy groups -OCH3 is 1. The van der Waals surface area contributed by atoms with Gasteiger partial charge in [0.05, 0.1) is 12.8 Å². The molecule has 0 atom stereocenters. The molecule has 2 aromatic carbocycles. The first-order valence-corrected chi connectivity index (χ1v) is 11.2. The molecule has 5 rings (SSSR count). The van der Waals surface area contributed by atoms with Gasteiger partial charge in [-0.25, -0.2) is 4.98 Å². The fourth-order valence-corrected chi connectivity index (χ4v) is 4.67. The molecule has 6 nitrogen and oxygen atoms in total. The minimum absolute atomic E-state index is 0.0566. The maximum atomic E-state index is 13.7. The van der Waals surface area contributed by atoms with Crippen molar-refractivity contribution in [3.05, 3.63) is 81.8 Å². The van der Waals surface area contributed by atoms with Crippen molar-refractivity contribution in [3.8, 4) is 17.0 Å². The topological polar surface area (TPSA) is 62.6 Å². The SMILES string of the molecule is COc1ccccc1Cc1c(C)nc2c(N3CCCCC3)c(-c3ccccc3)[nH]n2c1=O. The van der Waals surface area contributed by atoms with Gasteiger partial charge in [0.1, 0.15) is 11.4 Å². The maximum absolute atomic E-state index is 13.7. The summed E-state index contributed by atoms with van der Waals surface area (Å²) in [6.07, 6.45) is 4.03. The van der Waals surface area contributed by atoms with E-state index in [0.717, 1.165) is 59.9 Å². The van der Waals surface area contributed by atoms with Gasteiger partial charge in [-0.2, -0.15) is 4.52 Å². The molecule has 1 aliphatic heterocycles. The van der Waals surface area contributed by atoms with Crippen molar-refractivity contribution in [2.75, 3.05) is 25.1 Å². The van der Waals surface area contributed by atoms with Crippen LogP contribution in [0, 0.1) is 6.92 Å². The molecule has 164 valence electrons. The number of nitrogens with one attached hydrogen (secondary N) is 1. The van der Waals surface area contributed by atoms with Gasteiger partial charge in [-0.15, -0.1) is 0 Å². The number of piperidine rings is 1. The molecule has 0 unspecified atom stereocenters. The number of rotatable bonds is 5. The Bertz CT molecular complexity index is 1300. The molecular weight excluding hydrogens is 400 g/mol. The van der Waals surface area contributed by atoms with Crippen LogP contribution in [0.3, 0.4) is 0 Å². The van der Waals surface area contributed by atoms with Crippen molar-refractivity contribution in [3.63, 3.8) is 0 Å². The first kappa shape index (κ1) is 20.4. The van der Waals surface area contributed by atoms with Crippen molar-refractivity contribution >= 4 is 11.3 Å². The summed E-state index contributed by atoms with van der Waals surface area (Å²) in [5, 5.41) is 3.40. The number of hydrogen-bond donors (Lipinski definition) is 1. The largest absolute Gasteiger partial charge is 0.496 e. The standard InChI is InChI=1S/C26H28N4O2/c1-18-21(17-20-13-7-8-14-22(20)32-2)26(31)30-25(27-18)24(29-15-9-4-10-16-29)23(28-30)19-11-5-3-6-12-19/h3,5-8,11-14,28H,4,9-10,15-17H2,1-2H3. The number of aromatic amines is 1. The van der Waals surface area contributed by atoms with Gasteiger partial charge in [0.25, 0.3) is 5.56 Å². The van der Waals surface area contributed by atoms with Crippen molar-refractivity contribution in [2.24, 2.45) is 0 Å². The van der Waals surface area contributed by atoms with E-state index in [-0.39, 0.29) is 5.56 Å². The van der Waals surface area contributed by atoms with E-state index in [0.29, 0.717) is 17.6 Å². The Morgan fingerprint density at radius 3 is 2.47 bits per heavy atom. The zero-order valence-corrected chi connectivity index (χ0v) is 18.6. The molecule has 0 radical (unpaired) electrons. The van der Waals surface area contributed by atoms with Gasteiger partial charge in [0, 0.05) is 36.3 Å². The number of aromatic nitrogens is 3. The van der Waals surface area contributed by atoms with Crippen LogP contribution in [0.25, 0.3) is 16.9 Å². The molecular formula is C26H28N4O2. The number of anilines is 1. The van der Waals surface area contributed by atoms with Crippen LogP contribution in [-0.2, 0) is 6.42 Å². The van der Waals surface area contributed by atoms with Gasteiger partial charge in [0.15, 0.2) is 5.65 Å². The Balaban J connectivity index is 1.70. The first-order chi connectivity index (χ1) is 15.7. The normalized spacial score (nSPS) is 14.1. The first-order valence-electron chi connectivity index (χ1n) is 11.2. The number of H-pyrrole nitrogens is 1. The van der Waals surface area contributed by atoms with Gasteiger partial charge < -0.3 is 9.64 Å². The van der Waals surface area contributed by atoms with Gasteiger partial charge in [-0.1, -0.05) is 48.5 Å². The minimum Gasteiger partial charge on any atom is -0.496 e. The molecule has 2 aromatic heterocycles. The highest BCUT2D eigenvalue weighted by Crippen LogP contribution is 2.35. The molecule has 6 heteroatoms. The second-order valence-electron chi connectivity index (χ2n) is 8.38. The summed E-state index contributed by atoms with van der Waals surface area (Å²) < 4.78 is 7.13. The average Bonchev–Trinajstić information content (AvgIpc) is 3.22. The van der Waals surface area contributed by atoms with E-state index in [2.05, 4.69) is 22.1 Å². The number of hydrogen-bond acceptors (Lipinski definition) is 4. The quantitative estimate of drug-likeness (QED) is 0.505. The summed E-state index contributed by atoms with van der Waals surface area (Å²) in [6.45, 7) is 3.89. The molecule has 1 fully saturated rings. The van der Waals surface area contributed by atoms with Crippen LogP contribution >= 0.6 is 0 Å². The average molecular weight is 429 g/mol. The third kappa shape index (κ3) is 3.55. The van der Waals surface area contributed by atoms with Crippen molar-refractivity contribution < 1.29 is 4.74 Å². The fraction of sp³-hybridized carbons (Fsp3) is 0.308. The third-order valence-electron chi connectivity index (χ3n) is 6.35. The summed E-state index contributed by atoms with van der Waals surface area (Å²) in [4.78, 5) is 21.0. The second kappa shape index (κ2) is 8.54. The molecule has 0 amide bonds. The lowest BCUT2D eigenvalue weighted by Crippen LogP contribution is -2.30. The minimum atomic E-state index is -0.0566. The van der Waals surface area contributed by atoms with E-state index in [9.17, 15) is 4.79 Å². The van der Waals surface area contributed by atoms with Crippen LogP contribution in [0.4, 0.5) is 5.69 Å². The summed E-state index contributed by atoms with van der Waals surface area (Å²) in [7, 11) is 1.65. The van der Waals surface area contributed by atoms with Crippen LogP contribution in [0.15, 0.2) is 59.4 Å². The van der Waals surface area contributed by atoms with Crippen molar-refractivity contribution in [1.82, 2.24) is 14.6 Å². The molecule has 4 aromatic rings. The molecule has 32 heavy (non-hydrogen) atoms.